The Labute approximate surface area is 66.5 Å². The lowest BCUT2D eigenvalue weighted by Gasteiger charge is -2.08. The van der Waals surface area contributed by atoms with Crippen LogP contribution in [0.25, 0.3) is 0 Å². The maximum atomic E-state index is 11.6. The molecule has 0 radical (unpaired) electrons. The highest BCUT2D eigenvalue weighted by atomic mass is 33.1. The molecule has 0 spiro atoms. The van der Waals surface area contributed by atoms with E-state index in [2.05, 4.69) is 0 Å². The summed E-state index contributed by atoms with van der Waals surface area (Å²) in [4.78, 5) is 0. The highest BCUT2D eigenvalue weighted by molar-refractivity contribution is 8.72. The Balaban J connectivity index is 4.51. The second kappa shape index (κ2) is 3.22. The Morgan fingerprint density at radius 1 is 1.27 bits per heavy atom. The van der Waals surface area contributed by atoms with Crippen molar-refractivity contribution in [3.63, 3.8) is 0 Å². The predicted octanol–water partition coefficient (Wildman–Crippen LogP) is 1.98. The molecule has 0 aliphatic rings. The molecule has 0 atom stereocenters. The van der Waals surface area contributed by atoms with Crippen LogP contribution in [0.5, 0.6) is 0 Å². The number of hydrogen-bond acceptors (Lipinski definition) is 3. The van der Waals surface area contributed by atoms with E-state index in [0.717, 1.165) is 0 Å². The maximum absolute atomic E-state index is 11.6. The predicted molar refractivity (Wildman–Crippen MR) is 37.7 cm³/mol. The van der Waals surface area contributed by atoms with Gasteiger partial charge >= 0.3 is 5.51 Å². The van der Waals surface area contributed by atoms with Crippen LogP contribution in [-0.2, 0) is 8.87 Å². The fourth-order valence-corrected chi connectivity index (χ4v) is 2.77. The van der Waals surface area contributed by atoms with E-state index in [0.29, 0.717) is 0 Å². The minimum Gasteiger partial charge on any atom is -0.208 e. The van der Waals surface area contributed by atoms with Crippen molar-refractivity contribution in [2.75, 3.05) is 0 Å². The van der Waals surface area contributed by atoms with Crippen LogP contribution in [0, 0.1) is 0 Å². The summed E-state index contributed by atoms with van der Waals surface area (Å²) in [5, 5.41) is -0.582. The van der Waals surface area contributed by atoms with Gasteiger partial charge in [0.05, 0.1) is 0 Å². The van der Waals surface area contributed by atoms with E-state index >= 15 is 0 Å². The minimum absolute atomic E-state index is 0.0891. The summed E-state index contributed by atoms with van der Waals surface area (Å²) >= 11 is 0. The molecule has 0 unspecified atom stereocenters. The lowest BCUT2D eigenvalue weighted by molar-refractivity contribution is -0.0410. The quantitative estimate of drug-likeness (QED) is 0.651. The zero-order chi connectivity index (χ0) is 9.28. The van der Waals surface area contributed by atoms with Crippen LogP contribution in [-0.4, -0.2) is 19.2 Å². The van der Waals surface area contributed by atoms with Crippen molar-refractivity contribution in [1.29, 1.82) is 0 Å². The molecule has 0 aliphatic heterocycles. The molecule has 2 nitrogen and oxygen atoms in total. The van der Waals surface area contributed by atoms with Crippen molar-refractivity contribution in [2.24, 2.45) is 0 Å². The first-order valence-corrected chi connectivity index (χ1v) is 5.54. The van der Waals surface area contributed by atoms with Crippen molar-refractivity contribution >= 4 is 19.7 Å². The van der Waals surface area contributed by atoms with Crippen molar-refractivity contribution in [3.8, 4) is 0 Å². The van der Waals surface area contributed by atoms with Crippen LogP contribution in [0.4, 0.5) is 13.2 Å². The molecule has 7 heteroatoms. The SMILES string of the molecule is CC(C)SS(=O)(=O)C(F)(F)F. The number of hydrogen-bond donors (Lipinski definition) is 0. The van der Waals surface area contributed by atoms with Gasteiger partial charge in [-0.15, -0.1) is 0 Å². The van der Waals surface area contributed by atoms with Crippen molar-refractivity contribution in [1.82, 2.24) is 0 Å². The first-order valence-electron chi connectivity index (χ1n) is 2.66. The standard InChI is InChI=1S/C4H7F3O2S2/c1-3(2)10-11(8,9)4(5,6)7/h3H,1-2H3. The fraction of sp³-hybridized carbons (Fsp3) is 1.00. The van der Waals surface area contributed by atoms with Gasteiger partial charge in [0.1, 0.15) is 0 Å². The molecule has 0 aromatic heterocycles. The molecule has 0 rings (SSSR count). The van der Waals surface area contributed by atoms with Crippen LogP contribution >= 0.6 is 10.8 Å². The lowest BCUT2D eigenvalue weighted by atomic mass is 10.6. The summed E-state index contributed by atoms with van der Waals surface area (Å²) in [5.74, 6) is 0. The Hall–Kier alpha value is 0.0900. The van der Waals surface area contributed by atoms with Gasteiger partial charge in [-0.25, -0.2) is 8.42 Å². The van der Waals surface area contributed by atoms with Gasteiger partial charge in [0, 0.05) is 5.25 Å². The third kappa shape index (κ3) is 3.33. The molecular formula is C4H7F3O2S2. The highest BCUT2D eigenvalue weighted by Gasteiger charge is 2.46. The Morgan fingerprint density at radius 2 is 1.64 bits per heavy atom. The van der Waals surface area contributed by atoms with E-state index in [1.165, 1.54) is 13.8 Å². The third-order valence-electron chi connectivity index (χ3n) is 0.603. The molecule has 0 aliphatic carbocycles. The molecular weight excluding hydrogens is 201 g/mol. The molecule has 0 amide bonds. The molecule has 0 saturated carbocycles. The van der Waals surface area contributed by atoms with E-state index in [1.807, 2.05) is 0 Å². The Kier molecular flexibility index (Phi) is 3.25. The molecule has 0 fully saturated rings. The molecule has 0 aromatic rings. The van der Waals surface area contributed by atoms with Gasteiger partial charge < -0.3 is 0 Å². The number of halogens is 3. The molecule has 0 bridgehead atoms. The average molecular weight is 208 g/mol. The van der Waals surface area contributed by atoms with Crippen LogP contribution in [0.1, 0.15) is 13.8 Å². The minimum atomic E-state index is -5.14. The smallest absolute Gasteiger partial charge is 0.208 e. The van der Waals surface area contributed by atoms with Gasteiger partial charge in [-0.2, -0.15) is 13.2 Å². The fourth-order valence-electron chi connectivity index (χ4n) is 0.308. The van der Waals surface area contributed by atoms with Crippen LogP contribution < -0.4 is 0 Å². The van der Waals surface area contributed by atoms with Crippen molar-refractivity contribution in [2.45, 2.75) is 24.6 Å². The Bertz CT molecular complexity index is 216. The number of rotatable bonds is 2. The van der Waals surface area contributed by atoms with Gasteiger partial charge in [0.25, 0.3) is 8.87 Å². The van der Waals surface area contributed by atoms with Gasteiger partial charge in [-0.05, 0) is 10.8 Å². The van der Waals surface area contributed by atoms with E-state index in [-0.39, 0.29) is 10.8 Å². The molecule has 0 aromatic carbocycles. The topological polar surface area (TPSA) is 34.1 Å². The van der Waals surface area contributed by atoms with Gasteiger partial charge in [0.15, 0.2) is 0 Å². The summed E-state index contributed by atoms with van der Waals surface area (Å²) < 4.78 is 55.4. The summed E-state index contributed by atoms with van der Waals surface area (Å²) in [6, 6.07) is 0. The second-order valence-electron chi connectivity index (χ2n) is 2.04. The molecule has 11 heavy (non-hydrogen) atoms. The summed E-state index contributed by atoms with van der Waals surface area (Å²) in [6.07, 6.45) is 0. The zero-order valence-electron chi connectivity index (χ0n) is 5.84. The number of alkyl halides is 3. The summed E-state index contributed by atoms with van der Waals surface area (Å²) in [5.41, 5.74) is -5.14. The van der Waals surface area contributed by atoms with Crippen molar-refractivity contribution in [3.05, 3.63) is 0 Å². The largest absolute Gasteiger partial charge is 0.507 e. The first kappa shape index (κ1) is 11.1. The van der Waals surface area contributed by atoms with Crippen LogP contribution in [0.3, 0.4) is 0 Å². The molecule has 0 N–H and O–H groups in total. The maximum Gasteiger partial charge on any atom is 0.507 e. The van der Waals surface area contributed by atoms with Crippen LogP contribution in [0.2, 0.25) is 0 Å². The average Bonchev–Trinajstić information content (AvgIpc) is 1.56. The normalized spacial score (nSPS) is 14.0. The molecule has 68 valence electrons. The van der Waals surface area contributed by atoms with E-state index in [9.17, 15) is 21.6 Å². The Morgan fingerprint density at radius 3 is 1.73 bits per heavy atom. The monoisotopic (exact) mass is 208 g/mol. The second-order valence-corrected chi connectivity index (χ2v) is 6.45. The van der Waals surface area contributed by atoms with E-state index in [4.69, 9.17) is 0 Å². The first-order chi connectivity index (χ1) is 4.67. The van der Waals surface area contributed by atoms with Crippen LogP contribution in [0.15, 0.2) is 0 Å². The highest BCUT2D eigenvalue weighted by Crippen LogP contribution is 2.34. The molecule has 0 saturated heterocycles. The van der Waals surface area contributed by atoms with Crippen molar-refractivity contribution < 1.29 is 21.6 Å². The van der Waals surface area contributed by atoms with Gasteiger partial charge in [-0.3, -0.25) is 0 Å². The van der Waals surface area contributed by atoms with E-state index < -0.39 is 19.6 Å². The van der Waals surface area contributed by atoms with E-state index in [1.54, 1.807) is 0 Å². The summed E-state index contributed by atoms with van der Waals surface area (Å²) in [6.45, 7) is 2.77. The lowest BCUT2D eigenvalue weighted by Crippen LogP contribution is -2.20. The zero-order valence-corrected chi connectivity index (χ0v) is 7.48. The summed E-state index contributed by atoms with van der Waals surface area (Å²) in [7, 11) is -5.07. The van der Waals surface area contributed by atoms with Gasteiger partial charge in [-0.1, -0.05) is 13.8 Å². The third-order valence-corrected chi connectivity index (χ3v) is 4.29. The van der Waals surface area contributed by atoms with Gasteiger partial charge in [0.2, 0.25) is 0 Å². The molecule has 0 heterocycles.